The quantitative estimate of drug-likeness (QED) is 0.127. The number of likely N-dealkylation sites (tertiary alicyclic amines) is 1. The van der Waals surface area contributed by atoms with Crippen LogP contribution in [0.2, 0.25) is 0 Å². The first-order valence-corrected chi connectivity index (χ1v) is 16.2. The molecule has 0 aromatic heterocycles. The zero-order valence-corrected chi connectivity index (χ0v) is 25.7. The van der Waals surface area contributed by atoms with E-state index < -0.39 is 0 Å². The fourth-order valence-electron chi connectivity index (χ4n) is 6.64. The van der Waals surface area contributed by atoms with E-state index in [4.69, 9.17) is 18.9 Å². The van der Waals surface area contributed by atoms with Gasteiger partial charge in [0.2, 0.25) is 0 Å². The zero-order chi connectivity index (χ0) is 30.0. The summed E-state index contributed by atoms with van der Waals surface area (Å²) in [6.45, 7) is 6.06. The number of nitrogens with zero attached hydrogens (tertiary/aromatic N) is 1. The predicted molar refractivity (Wildman–Crippen MR) is 174 cm³/mol. The topological polar surface area (TPSA) is 39.9 Å². The highest BCUT2D eigenvalue weighted by Gasteiger charge is 2.65. The van der Waals surface area contributed by atoms with Crippen molar-refractivity contribution < 1.29 is 18.9 Å². The summed E-state index contributed by atoms with van der Waals surface area (Å²) in [4.78, 5) is 2.63. The first kappa shape index (κ1) is 30.7. The lowest BCUT2D eigenvalue weighted by molar-refractivity contribution is -0.185. The molecule has 1 heterocycles. The van der Waals surface area contributed by atoms with Gasteiger partial charge in [-0.2, -0.15) is 0 Å². The van der Waals surface area contributed by atoms with Gasteiger partial charge in [0, 0.05) is 12.0 Å². The van der Waals surface area contributed by atoms with E-state index in [0.29, 0.717) is 39.1 Å². The van der Waals surface area contributed by atoms with Crippen LogP contribution in [-0.2, 0) is 45.4 Å². The van der Waals surface area contributed by atoms with Gasteiger partial charge in [0.05, 0.1) is 45.2 Å². The van der Waals surface area contributed by atoms with Crippen molar-refractivity contribution in [2.24, 2.45) is 5.92 Å². The Kier molecular flexibility index (Phi) is 10.9. The molecule has 4 aromatic rings. The van der Waals surface area contributed by atoms with Crippen molar-refractivity contribution in [2.45, 2.75) is 76.6 Å². The molecule has 1 unspecified atom stereocenters. The summed E-state index contributed by atoms with van der Waals surface area (Å²) in [5.74, 6) is 0.154. The van der Waals surface area contributed by atoms with Gasteiger partial charge in [0.25, 0.3) is 0 Å². The van der Waals surface area contributed by atoms with Gasteiger partial charge < -0.3 is 18.9 Å². The third kappa shape index (κ3) is 7.84. The zero-order valence-electron chi connectivity index (χ0n) is 25.7. The summed E-state index contributed by atoms with van der Waals surface area (Å²) in [5.41, 5.74) is 4.65. The summed E-state index contributed by atoms with van der Waals surface area (Å²) in [7, 11) is 0. The van der Waals surface area contributed by atoms with Crippen LogP contribution in [0.5, 0.6) is 0 Å². The lowest BCUT2D eigenvalue weighted by atomic mass is 9.82. The monoisotopic (exact) mass is 591 g/mol. The molecule has 230 valence electrons. The standard InChI is InChI=1S/C39H45NO4/c1-2-3-24-40-35-34(29-41-25-30-16-8-4-9-17-30)37(42-26-31-18-10-5-11-19-31)39(44-28-33-22-14-7-15-23-33)38(36(35)40)43-27-32-20-12-6-13-21-32/h4-23,34-39H,2-3,24-29H2,1H3/t34-,35+,36+,37+,38-,39-,40?/m0/s1. The minimum Gasteiger partial charge on any atom is -0.376 e. The average molecular weight is 592 g/mol. The van der Waals surface area contributed by atoms with E-state index in [0.717, 1.165) is 30.5 Å². The molecule has 0 spiro atoms. The third-order valence-electron chi connectivity index (χ3n) is 8.92. The van der Waals surface area contributed by atoms with Crippen molar-refractivity contribution in [3.05, 3.63) is 144 Å². The molecule has 6 rings (SSSR count). The van der Waals surface area contributed by atoms with Gasteiger partial charge >= 0.3 is 0 Å². The predicted octanol–water partition coefficient (Wildman–Crippen LogP) is 7.44. The second-order valence-electron chi connectivity index (χ2n) is 12.0. The molecule has 1 aliphatic carbocycles. The van der Waals surface area contributed by atoms with Crippen molar-refractivity contribution in [1.29, 1.82) is 0 Å². The van der Waals surface area contributed by atoms with Gasteiger partial charge in [-0.3, -0.25) is 4.90 Å². The van der Waals surface area contributed by atoms with Crippen LogP contribution in [0.25, 0.3) is 0 Å². The second kappa shape index (κ2) is 15.6. The largest absolute Gasteiger partial charge is 0.376 e. The molecular formula is C39H45NO4. The molecule has 0 amide bonds. The van der Waals surface area contributed by atoms with Crippen LogP contribution in [0, 0.1) is 5.92 Å². The van der Waals surface area contributed by atoms with Gasteiger partial charge in [-0.15, -0.1) is 0 Å². The number of ether oxygens (including phenoxy) is 4. The van der Waals surface area contributed by atoms with E-state index in [1.807, 2.05) is 24.3 Å². The van der Waals surface area contributed by atoms with Gasteiger partial charge in [0.1, 0.15) is 12.2 Å². The van der Waals surface area contributed by atoms with Crippen LogP contribution in [0.1, 0.15) is 42.0 Å². The van der Waals surface area contributed by atoms with Crippen LogP contribution >= 0.6 is 0 Å². The average Bonchev–Trinajstić information content (AvgIpc) is 3.80. The summed E-state index contributed by atoms with van der Waals surface area (Å²) in [6.07, 6.45) is 1.75. The minimum absolute atomic E-state index is 0.119. The van der Waals surface area contributed by atoms with E-state index in [1.54, 1.807) is 0 Å². The Morgan fingerprint density at radius 2 is 0.932 bits per heavy atom. The van der Waals surface area contributed by atoms with Gasteiger partial charge in [0.15, 0.2) is 0 Å². The van der Waals surface area contributed by atoms with Crippen LogP contribution in [0.15, 0.2) is 121 Å². The van der Waals surface area contributed by atoms with Crippen molar-refractivity contribution >= 4 is 0 Å². The Hall–Kier alpha value is -3.32. The number of unbranched alkanes of at least 4 members (excludes halogenated alkanes) is 1. The fraction of sp³-hybridized carbons (Fsp3) is 0.385. The van der Waals surface area contributed by atoms with Gasteiger partial charge in [-0.25, -0.2) is 0 Å². The molecular weight excluding hydrogens is 546 g/mol. The lowest BCUT2D eigenvalue weighted by Gasteiger charge is -2.41. The maximum absolute atomic E-state index is 6.91. The summed E-state index contributed by atoms with van der Waals surface area (Å²) in [5, 5.41) is 0. The fourth-order valence-corrected chi connectivity index (χ4v) is 6.64. The SMILES string of the molecule is CCCCN1[C@@H]2[C@H](COCc3ccccc3)[C@@H](OCc3ccccc3)[C@H](OCc3ccccc3)[C@@H](OCc3ccccc3)[C@@H]21. The van der Waals surface area contributed by atoms with Crippen molar-refractivity contribution in [1.82, 2.24) is 4.90 Å². The molecule has 2 fully saturated rings. The Balaban J connectivity index is 1.29. The van der Waals surface area contributed by atoms with E-state index in [2.05, 4.69) is 109 Å². The first-order chi connectivity index (χ1) is 21.8. The molecule has 5 nitrogen and oxygen atoms in total. The molecule has 1 saturated carbocycles. The van der Waals surface area contributed by atoms with Crippen molar-refractivity contribution in [3.63, 3.8) is 0 Å². The van der Waals surface area contributed by atoms with Gasteiger partial charge in [-0.05, 0) is 35.2 Å². The summed E-state index contributed by atoms with van der Waals surface area (Å²) < 4.78 is 27.1. The molecule has 1 saturated heterocycles. The molecule has 5 heteroatoms. The van der Waals surface area contributed by atoms with E-state index in [9.17, 15) is 0 Å². The number of hydrogen-bond donors (Lipinski definition) is 0. The first-order valence-electron chi connectivity index (χ1n) is 16.2. The maximum Gasteiger partial charge on any atom is 0.112 e. The highest BCUT2D eigenvalue weighted by Crippen LogP contribution is 2.48. The number of benzene rings is 4. The van der Waals surface area contributed by atoms with E-state index >= 15 is 0 Å². The summed E-state index contributed by atoms with van der Waals surface area (Å²) in [6, 6.07) is 42.3. The third-order valence-corrected chi connectivity index (χ3v) is 8.92. The minimum atomic E-state index is -0.249. The van der Waals surface area contributed by atoms with Crippen molar-refractivity contribution in [2.75, 3.05) is 13.2 Å². The Labute approximate surface area is 262 Å². The second-order valence-corrected chi connectivity index (χ2v) is 12.0. The lowest BCUT2D eigenvalue weighted by Crippen LogP contribution is -2.55. The van der Waals surface area contributed by atoms with Crippen LogP contribution in [0.4, 0.5) is 0 Å². The highest BCUT2D eigenvalue weighted by atomic mass is 16.6. The molecule has 7 atom stereocenters. The number of hydrogen-bond acceptors (Lipinski definition) is 5. The Bertz CT molecular complexity index is 1370. The molecule has 4 aromatic carbocycles. The highest BCUT2D eigenvalue weighted by molar-refractivity contribution is 5.21. The molecule has 0 radical (unpaired) electrons. The van der Waals surface area contributed by atoms with Crippen LogP contribution in [0.3, 0.4) is 0 Å². The molecule has 44 heavy (non-hydrogen) atoms. The van der Waals surface area contributed by atoms with Gasteiger partial charge in [-0.1, -0.05) is 135 Å². The number of rotatable bonds is 16. The van der Waals surface area contributed by atoms with Crippen molar-refractivity contribution in [3.8, 4) is 0 Å². The smallest absolute Gasteiger partial charge is 0.112 e. The maximum atomic E-state index is 6.91. The molecule has 0 N–H and O–H groups in total. The van der Waals surface area contributed by atoms with E-state index in [-0.39, 0.29) is 30.3 Å². The van der Waals surface area contributed by atoms with Crippen LogP contribution in [-0.4, -0.2) is 48.4 Å². The number of fused-ring (bicyclic) bond motifs is 1. The van der Waals surface area contributed by atoms with Crippen LogP contribution < -0.4 is 0 Å². The molecule has 2 aliphatic rings. The van der Waals surface area contributed by atoms with E-state index in [1.165, 1.54) is 11.1 Å². The molecule has 0 bridgehead atoms. The summed E-state index contributed by atoms with van der Waals surface area (Å²) >= 11 is 0. The Morgan fingerprint density at radius 3 is 1.41 bits per heavy atom. The Morgan fingerprint density at radius 1 is 0.500 bits per heavy atom. The molecule has 1 aliphatic heterocycles. The normalized spacial score (nSPS) is 25.8.